The molecule has 5 rings (SSSR count). The summed E-state index contributed by atoms with van der Waals surface area (Å²) in [6.45, 7) is 7.29. The monoisotopic (exact) mass is 468 g/mol. The SMILES string of the molecule is CC(=O)N(C)C1CCN(Cc2cc3nc(-c4cnc(N)nc4)nc(N4CCOCC4)c3s2)C1. The van der Waals surface area contributed by atoms with Crippen LogP contribution in [0.2, 0.25) is 0 Å². The van der Waals surface area contributed by atoms with Crippen LogP contribution in [0.4, 0.5) is 11.8 Å². The number of anilines is 2. The molecule has 0 aliphatic carbocycles. The Morgan fingerprint density at radius 3 is 2.73 bits per heavy atom. The van der Waals surface area contributed by atoms with Crippen molar-refractivity contribution in [2.75, 3.05) is 57.1 Å². The van der Waals surface area contributed by atoms with E-state index < -0.39 is 0 Å². The van der Waals surface area contributed by atoms with Crippen LogP contribution in [-0.4, -0.2) is 88.1 Å². The fraction of sp³-hybridized carbons (Fsp3) is 0.500. The minimum Gasteiger partial charge on any atom is -0.378 e. The van der Waals surface area contributed by atoms with Gasteiger partial charge in [-0.25, -0.2) is 19.9 Å². The summed E-state index contributed by atoms with van der Waals surface area (Å²) >= 11 is 1.75. The van der Waals surface area contributed by atoms with Crippen molar-refractivity contribution in [2.45, 2.75) is 25.9 Å². The molecule has 0 radical (unpaired) electrons. The summed E-state index contributed by atoms with van der Waals surface area (Å²) in [6, 6.07) is 2.44. The summed E-state index contributed by atoms with van der Waals surface area (Å²) in [5.74, 6) is 1.87. The summed E-state index contributed by atoms with van der Waals surface area (Å²) < 4.78 is 6.64. The van der Waals surface area contributed by atoms with Crippen molar-refractivity contribution in [2.24, 2.45) is 0 Å². The Kier molecular flexibility index (Phi) is 6.09. The number of carbonyl (C=O) groups is 1. The molecule has 1 atom stereocenters. The highest BCUT2D eigenvalue weighted by molar-refractivity contribution is 7.19. The van der Waals surface area contributed by atoms with Gasteiger partial charge in [0.25, 0.3) is 0 Å². The zero-order valence-corrected chi connectivity index (χ0v) is 19.7. The van der Waals surface area contributed by atoms with E-state index >= 15 is 0 Å². The summed E-state index contributed by atoms with van der Waals surface area (Å²) in [4.78, 5) is 37.5. The van der Waals surface area contributed by atoms with Crippen molar-refractivity contribution < 1.29 is 9.53 Å². The predicted octanol–water partition coefficient (Wildman–Crippen LogP) is 1.62. The van der Waals surface area contributed by atoms with Gasteiger partial charge in [-0.05, 0) is 12.5 Å². The molecule has 0 aromatic carbocycles. The molecule has 0 spiro atoms. The number of amides is 1. The van der Waals surface area contributed by atoms with Crippen LogP contribution in [0.25, 0.3) is 21.6 Å². The molecule has 2 aliphatic rings. The predicted molar refractivity (Wildman–Crippen MR) is 128 cm³/mol. The van der Waals surface area contributed by atoms with E-state index in [0.29, 0.717) is 19.0 Å². The third-order valence-corrected chi connectivity index (χ3v) is 7.42. The number of nitrogens with zero attached hydrogens (tertiary/aromatic N) is 7. The van der Waals surface area contributed by atoms with Gasteiger partial charge in [-0.15, -0.1) is 11.3 Å². The van der Waals surface area contributed by atoms with Gasteiger partial charge in [0.1, 0.15) is 0 Å². The van der Waals surface area contributed by atoms with E-state index in [1.54, 1.807) is 30.7 Å². The molecule has 2 saturated heterocycles. The first-order valence-corrected chi connectivity index (χ1v) is 12.0. The molecule has 1 amide bonds. The molecule has 1 unspecified atom stereocenters. The quantitative estimate of drug-likeness (QED) is 0.597. The molecule has 3 aromatic rings. The minimum absolute atomic E-state index is 0.119. The molecule has 174 valence electrons. The van der Waals surface area contributed by atoms with Crippen LogP contribution >= 0.6 is 11.3 Å². The third-order valence-electron chi connectivity index (χ3n) is 6.32. The lowest BCUT2D eigenvalue weighted by Gasteiger charge is -2.28. The van der Waals surface area contributed by atoms with Crippen molar-refractivity contribution in [1.82, 2.24) is 29.7 Å². The van der Waals surface area contributed by atoms with Crippen molar-refractivity contribution in [3.63, 3.8) is 0 Å². The number of nitrogens with two attached hydrogens (primary N) is 1. The summed E-state index contributed by atoms with van der Waals surface area (Å²) in [6.07, 6.45) is 4.33. The highest BCUT2D eigenvalue weighted by Crippen LogP contribution is 2.35. The van der Waals surface area contributed by atoms with Crippen LogP contribution in [0.1, 0.15) is 18.2 Å². The first-order chi connectivity index (χ1) is 16.0. The number of fused-ring (bicyclic) bond motifs is 1. The van der Waals surface area contributed by atoms with E-state index in [-0.39, 0.29) is 17.9 Å². The average Bonchev–Trinajstić information content (AvgIpc) is 3.45. The topological polar surface area (TPSA) is 114 Å². The number of thiophene rings is 1. The Morgan fingerprint density at radius 2 is 2.00 bits per heavy atom. The second-order valence-corrected chi connectivity index (χ2v) is 9.67. The number of aromatic nitrogens is 4. The van der Waals surface area contributed by atoms with Gasteiger partial charge < -0.3 is 20.3 Å². The minimum atomic E-state index is 0.119. The molecule has 2 N–H and O–H groups in total. The van der Waals surface area contributed by atoms with Crippen LogP contribution < -0.4 is 10.6 Å². The lowest BCUT2D eigenvalue weighted by atomic mass is 10.2. The number of likely N-dealkylation sites (tertiary alicyclic amines) is 1. The molecule has 0 bridgehead atoms. The van der Waals surface area contributed by atoms with Gasteiger partial charge in [-0.2, -0.15) is 0 Å². The van der Waals surface area contributed by atoms with Gasteiger partial charge in [0.2, 0.25) is 11.9 Å². The Balaban J connectivity index is 1.45. The van der Waals surface area contributed by atoms with Gasteiger partial charge in [-0.1, -0.05) is 0 Å². The zero-order valence-electron chi connectivity index (χ0n) is 18.9. The number of hydrogen-bond acceptors (Lipinski definition) is 10. The second kappa shape index (κ2) is 9.16. The van der Waals surface area contributed by atoms with Crippen LogP contribution in [0.5, 0.6) is 0 Å². The Bertz CT molecular complexity index is 1150. The number of ether oxygens (including phenoxy) is 1. The summed E-state index contributed by atoms with van der Waals surface area (Å²) in [5.41, 5.74) is 7.32. The normalized spacial score (nSPS) is 19.3. The second-order valence-electron chi connectivity index (χ2n) is 8.53. The van der Waals surface area contributed by atoms with E-state index in [1.165, 1.54) is 4.88 Å². The first kappa shape index (κ1) is 21.9. The number of likely N-dealkylation sites (N-methyl/N-ethyl adjacent to an activating group) is 1. The lowest BCUT2D eigenvalue weighted by molar-refractivity contribution is -0.129. The zero-order chi connectivity index (χ0) is 22.9. The van der Waals surface area contributed by atoms with Crippen molar-refractivity contribution >= 4 is 39.2 Å². The fourth-order valence-corrected chi connectivity index (χ4v) is 5.52. The number of rotatable bonds is 5. The number of morpholine rings is 1. The molecule has 11 heteroatoms. The van der Waals surface area contributed by atoms with Crippen LogP contribution in [0, 0.1) is 0 Å². The van der Waals surface area contributed by atoms with E-state index in [2.05, 4.69) is 25.8 Å². The van der Waals surface area contributed by atoms with E-state index in [4.69, 9.17) is 20.4 Å². The van der Waals surface area contributed by atoms with E-state index in [9.17, 15) is 4.79 Å². The molecule has 2 aliphatic heterocycles. The van der Waals surface area contributed by atoms with Gasteiger partial charge in [0.05, 0.1) is 29.0 Å². The average molecular weight is 469 g/mol. The molecule has 33 heavy (non-hydrogen) atoms. The smallest absolute Gasteiger partial charge is 0.219 e. The van der Waals surface area contributed by atoms with Crippen LogP contribution in [0.15, 0.2) is 18.5 Å². The molecule has 3 aromatic heterocycles. The highest BCUT2D eigenvalue weighted by Gasteiger charge is 2.28. The molecule has 2 fully saturated rings. The number of hydrogen-bond donors (Lipinski definition) is 1. The highest BCUT2D eigenvalue weighted by atomic mass is 32.1. The van der Waals surface area contributed by atoms with Gasteiger partial charge in [-0.3, -0.25) is 9.69 Å². The third kappa shape index (κ3) is 4.61. The molecule has 10 nitrogen and oxygen atoms in total. The largest absolute Gasteiger partial charge is 0.378 e. The first-order valence-electron chi connectivity index (χ1n) is 11.1. The van der Waals surface area contributed by atoms with Crippen molar-refractivity contribution in [3.05, 3.63) is 23.3 Å². The Morgan fingerprint density at radius 1 is 1.24 bits per heavy atom. The maximum absolute atomic E-state index is 11.7. The van der Waals surface area contributed by atoms with E-state index in [0.717, 1.165) is 60.7 Å². The maximum atomic E-state index is 11.7. The van der Waals surface area contributed by atoms with Crippen molar-refractivity contribution in [1.29, 1.82) is 0 Å². The molecular weight excluding hydrogens is 440 g/mol. The fourth-order valence-electron chi connectivity index (χ4n) is 4.36. The summed E-state index contributed by atoms with van der Waals surface area (Å²) in [5, 5.41) is 0. The standard InChI is InChI=1S/C22H28N8O2S/c1-14(31)28(2)16-3-4-29(12-16)13-17-9-18-19(33-17)21(30-5-7-32-8-6-30)27-20(26-18)15-10-24-22(23)25-11-15/h9-11,16H,3-8,12-13H2,1-2H3,(H2,23,24,25). The molecule has 0 saturated carbocycles. The molecule has 5 heterocycles. The van der Waals surface area contributed by atoms with Crippen LogP contribution in [0.3, 0.4) is 0 Å². The summed E-state index contributed by atoms with van der Waals surface area (Å²) in [7, 11) is 1.89. The van der Waals surface area contributed by atoms with Crippen molar-refractivity contribution in [3.8, 4) is 11.4 Å². The van der Waals surface area contributed by atoms with Gasteiger partial charge in [0, 0.05) is 70.0 Å². The van der Waals surface area contributed by atoms with Crippen LogP contribution in [-0.2, 0) is 16.1 Å². The maximum Gasteiger partial charge on any atom is 0.219 e. The van der Waals surface area contributed by atoms with E-state index in [1.807, 2.05) is 11.9 Å². The Hall–Kier alpha value is -2.89. The van der Waals surface area contributed by atoms with Gasteiger partial charge >= 0.3 is 0 Å². The number of carbonyl (C=O) groups excluding carboxylic acids is 1. The van der Waals surface area contributed by atoms with Gasteiger partial charge in [0.15, 0.2) is 11.6 Å². The number of nitrogen functional groups attached to an aromatic ring is 1. The molecular formula is C22H28N8O2S. The lowest BCUT2D eigenvalue weighted by Crippen LogP contribution is -2.37. The Labute approximate surface area is 196 Å².